The monoisotopic (exact) mass is 348 g/mol. The van der Waals surface area contributed by atoms with Crippen molar-refractivity contribution in [3.63, 3.8) is 0 Å². The first-order valence-corrected chi connectivity index (χ1v) is 9.55. The van der Waals surface area contributed by atoms with Crippen molar-refractivity contribution in [2.45, 2.75) is 29.1 Å². The number of ether oxygens (including phenoxy) is 1. The van der Waals surface area contributed by atoms with Crippen molar-refractivity contribution in [3.05, 3.63) is 102 Å². The first kappa shape index (κ1) is 17.8. The van der Waals surface area contributed by atoms with Crippen LogP contribution in [0.15, 0.2) is 95.9 Å². The molecule has 128 valence electrons. The molecule has 25 heavy (non-hydrogen) atoms. The van der Waals surface area contributed by atoms with E-state index in [-0.39, 0.29) is 6.10 Å². The predicted molar refractivity (Wildman–Crippen MR) is 107 cm³/mol. The fraction of sp³-hybridized carbons (Fsp3) is 0.217. The van der Waals surface area contributed by atoms with Crippen LogP contribution in [0.5, 0.6) is 0 Å². The third kappa shape index (κ3) is 5.48. The first-order chi connectivity index (χ1) is 12.3. The SMILES string of the molecule is CO[C@H](Cc1ccccc1)[C@H](Cc1ccccc1)Sc1ccccc1. The molecule has 0 bridgehead atoms. The normalized spacial score (nSPS) is 13.3. The molecule has 0 amide bonds. The number of benzene rings is 3. The van der Waals surface area contributed by atoms with Crippen LogP contribution in [0.3, 0.4) is 0 Å². The zero-order valence-electron chi connectivity index (χ0n) is 14.5. The molecule has 2 atom stereocenters. The zero-order chi connectivity index (χ0) is 17.3. The predicted octanol–water partition coefficient (Wildman–Crippen LogP) is 5.65. The lowest BCUT2D eigenvalue weighted by Gasteiger charge is -2.26. The second-order valence-corrected chi connectivity index (χ2v) is 7.44. The van der Waals surface area contributed by atoms with E-state index in [2.05, 4.69) is 91.0 Å². The number of rotatable bonds is 8. The van der Waals surface area contributed by atoms with Crippen molar-refractivity contribution in [1.82, 2.24) is 0 Å². The minimum atomic E-state index is 0.160. The average Bonchev–Trinajstić information content (AvgIpc) is 2.68. The Morgan fingerprint density at radius 2 is 1.16 bits per heavy atom. The maximum Gasteiger partial charge on any atom is 0.0736 e. The summed E-state index contributed by atoms with van der Waals surface area (Å²) in [5.41, 5.74) is 2.67. The summed E-state index contributed by atoms with van der Waals surface area (Å²) in [7, 11) is 1.83. The van der Waals surface area contributed by atoms with Gasteiger partial charge >= 0.3 is 0 Å². The molecule has 3 rings (SSSR count). The van der Waals surface area contributed by atoms with E-state index in [9.17, 15) is 0 Å². The van der Waals surface area contributed by atoms with Crippen LogP contribution in [0.1, 0.15) is 11.1 Å². The maximum atomic E-state index is 5.94. The highest BCUT2D eigenvalue weighted by molar-refractivity contribution is 8.00. The average molecular weight is 349 g/mol. The third-order valence-corrected chi connectivity index (χ3v) is 5.62. The van der Waals surface area contributed by atoms with Crippen LogP contribution in [-0.2, 0) is 17.6 Å². The largest absolute Gasteiger partial charge is 0.380 e. The topological polar surface area (TPSA) is 9.23 Å². The molecule has 0 saturated carbocycles. The van der Waals surface area contributed by atoms with E-state index in [1.54, 1.807) is 0 Å². The van der Waals surface area contributed by atoms with Crippen LogP contribution < -0.4 is 0 Å². The first-order valence-electron chi connectivity index (χ1n) is 8.67. The summed E-state index contributed by atoms with van der Waals surface area (Å²) >= 11 is 1.91. The highest BCUT2D eigenvalue weighted by Crippen LogP contribution is 2.30. The number of hydrogen-bond acceptors (Lipinski definition) is 2. The minimum Gasteiger partial charge on any atom is -0.380 e. The van der Waals surface area contributed by atoms with Gasteiger partial charge in [0.2, 0.25) is 0 Å². The molecular formula is C23H24OS. The molecule has 0 aromatic heterocycles. The molecule has 0 saturated heterocycles. The second-order valence-electron chi connectivity index (χ2n) is 6.12. The Morgan fingerprint density at radius 1 is 0.680 bits per heavy atom. The van der Waals surface area contributed by atoms with Crippen LogP contribution >= 0.6 is 11.8 Å². The molecule has 0 aliphatic rings. The summed E-state index contributed by atoms with van der Waals surface area (Å²) in [5.74, 6) is 0. The zero-order valence-corrected chi connectivity index (χ0v) is 15.4. The van der Waals surface area contributed by atoms with Crippen LogP contribution in [0.2, 0.25) is 0 Å². The molecule has 1 nitrogen and oxygen atoms in total. The van der Waals surface area contributed by atoms with Gasteiger partial charge in [0.15, 0.2) is 0 Å². The van der Waals surface area contributed by atoms with Crippen molar-refractivity contribution < 1.29 is 4.74 Å². The lowest BCUT2D eigenvalue weighted by molar-refractivity contribution is 0.101. The summed E-state index contributed by atoms with van der Waals surface area (Å²) in [6, 6.07) is 31.9. The van der Waals surface area contributed by atoms with Crippen molar-refractivity contribution in [3.8, 4) is 0 Å². The van der Waals surface area contributed by atoms with Crippen molar-refractivity contribution >= 4 is 11.8 Å². The fourth-order valence-electron chi connectivity index (χ4n) is 2.98. The lowest BCUT2D eigenvalue weighted by Crippen LogP contribution is -2.29. The molecule has 0 heterocycles. The summed E-state index contributed by atoms with van der Waals surface area (Å²) in [6.07, 6.45) is 2.08. The molecule has 0 aliphatic heterocycles. The van der Waals surface area contributed by atoms with Crippen molar-refractivity contribution in [2.75, 3.05) is 7.11 Å². The molecule has 0 radical (unpaired) electrons. The van der Waals surface area contributed by atoms with Crippen LogP contribution in [-0.4, -0.2) is 18.5 Å². The van der Waals surface area contributed by atoms with Gasteiger partial charge in [0.05, 0.1) is 6.10 Å². The number of hydrogen-bond donors (Lipinski definition) is 0. The molecule has 0 spiro atoms. The van der Waals surface area contributed by atoms with E-state index in [1.807, 2.05) is 18.9 Å². The van der Waals surface area contributed by atoms with Crippen molar-refractivity contribution in [2.24, 2.45) is 0 Å². The van der Waals surface area contributed by atoms with Gasteiger partial charge in [0.25, 0.3) is 0 Å². The van der Waals surface area contributed by atoms with Gasteiger partial charge in [-0.2, -0.15) is 0 Å². The third-order valence-electron chi connectivity index (χ3n) is 4.31. The molecule has 0 N–H and O–H groups in total. The van der Waals surface area contributed by atoms with E-state index >= 15 is 0 Å². The van der Waals surface area contributed by atoms with Gasteiger partial charge in [0.1, 0.15) is 0 Å². The molecule has 0 fully saturated rings. The molecule has 0 unspecified atom stereocenters. The number of thioether (sulfide) groups is 1. The standard InChI is InChI=1S/C23H24OS/c1-24-22(17-19-11-5-2-6-12-19)23(18-20-13-7-3-8-14-20)25-21-15-9-4-10-16-21/h2-16,22-23H,17-18H2,1H3/t22-,23+/m1/s1. The second kappa shape index (κ2) is 9.45. The fourth-order valence-corrected chi connectivity index (χ4v) is 4.28. The Hall–Kier alpha value is -2.03. The van der Waals surface area contributed by atoms with Gasteiger partial charge < -0.3 is 4.74 Å². The van der Waals surface area contributed by atoms with Gasteiger partial charge in [-0.3, -0.25) is 0 Å². The van der Waals surface area contributed by atoms with Gasteiger partial charge in [0, 0.05) is 17.3 Å². The Bertz CT molecular complexity index is 686. The van der Waals surface area contributed by atoms with Gasteiger partial charge in [-0.05, 0) is 36.1 Å². The maximum absolute atomic E-state index is 5.94. The molecule has 2 heteroatoms. The summed E-state index contributed by atoms with van der Waals surface area (Å²) in [4.78, 5) is 1.29. The van der Waals surface area contributed by atoms with Gasteiger partial charge in [-0.25, -0.2) is 0 Å². The quantitative estimate of drug-likeness (QED) is 0.487. The van der Waals surface area contributed by atoms with E-state index in [4.69, 9.17) is 4.74 Å². The highest BCUT2D eigenvalue weighted by Gasteiger charge is 2.23. The van der Waals surface area contributed by atoms with E-state index in [0.717, 1.165) is 12.8 Å². The Kier molecular flexibility index (Phi) is 6.72. The van der Waals surface area contributed by atoms with Gasteiger partial charge in [-0.15, -0.1) is 11.8 Å². The molecular weight excluding hydrogens is 324 g/mol. The van der Waals surface area contributed by atoms with E-state index < -0.39 is 0 Å². The lowest BCUT2D eigenvalue weighted by atomic mass is 10.0. The summed E-state index contributed by atoms with van der Waals surface area (Å²) < 4.78 is 5.94. The summed E-state index contributed by atoms with van der Waals surface area (Å²) in [6.45, 7) is 0. The van der Waals surface area contributed by atoms with E-state index in [0.29, 0.717) is 5.25 Å². The van der Waals surface area contributed by atoms with Crippen LogP contribution in [0, 0.1) is 0 Å². The van der Waals surface area contributed by atoms with Gasteiger partial charge in [-0.1, -0.05) is 78.9 Å². The Balaban J connectivity index is 1.80. The highest BCUT2D eigenvalue weighted by atomic mass is 32.2. The Morgan fingerprint density at radius 3 is 1.68 bits per heavy atom. The molecule has 3 aromatic carbocycles. The molecule has 0 aliphatic carbocycles. The summed E-state index contributed by atoms with van der Waals surface area (Å²) in [5, 5.41) is 0.356. The van der Waals surface area contributed by atoms with E-state index in [1.165, 1.54) is 16.0 Å². The van der Waals surface area contributed by atoms with Crippen LogP contribution in [0.4, 0.5) is 0 Å². The van der Waals surface area contributed by atoms with Crippen LogP contribution in [0.25, 0.3) is 0 Å². The minimum absolute atomic E-state index is 0.160. The smallest absolute Gasteiger partial charge is 0.0736 e. The van der Waals surface area contributed by atoms with Crippen molar-refractivity contribution in [1.29, 1.82) is 0 Å². The molecule has 3 aromatic rings. The Labute approximate surface area is 155 Å². The number of methoxy groups -OCH3 is 1.